The Morgan fingerprint density at radius 3 is 2.12 bits per heavy atom. The van der Waals surface area contributed by atoms with Crippen LogP contribution in [0.4, 0.5) is 0 Å². The molecular formula is C13H12O4. The minimum atomic E-state index is -1.40. The van der Waals surface area contributed by atoms with Gasteiger partial charge in [-0.3, -0.25) is 9.59 Å². The predicted octanol–water partition coefficient (Wildman–Crippen LogP) is 1.39. The van der Waals surface area contributed by atoms with Gasteiger partial charge in [-0.25, -0.2) is 0 Å². The van der Waals surface area contributed by atoms with Crippen LogP contribution in [0, 0.1) is 17.8 Å². The highest BCUT2D eigenvalue weighted by Crippen LogP contribution is 2.11. The van der Waals surface area contributed by atoms with Crippen molar-refractivity contribution >= 4 is 11.9 Å². The van der Waals surface area contributed by atoms with E-state index < -0.39 is 17.9 Å². The van der Waals surface area contributed by atoms with Gasteiger partial charge in [0.25, 0.3) is 0 Å². The van der Waals surface area contributed by atoms with Gasteiger partial charge >= 0.3 is 11.9 Å². The van der Waals surface area contributed by atoms with Crippen LogP contribution in [0.3, 0.4) is 0 Å². The first-order valence-electron chi connectivity index (χ1n) is 5.02. The van der Waals surface area contributed by atoms with Crippen LogP contribution in [-0.4, -0.2) is 22.2 Å². The fraction of sp³-hybridized carbons (Fsp3) is 0.231. The summed E-state index contributed by atoms with van der Waals surface area (Å²) >= 11 is 0. The Morgan fingerprint density at radius 1 is 1.18 bits per heavy atom. The van der Waals surface area contributed by atoms with E-state index in [4.69, 9.17) is 10.2 Å². The third kappa shape index (κ3) is 3.65. The van der Waals surface area contributed by atoms with Crippen molar-refractivity contribution in [1.29, 1.82) is 0 Å². The fourth-order valence-corrected chi connectivity index (χ4v) is 1.38. The van der Waals surface area contributed by atoms with E-state index in [2.05, 4.69) is 11.8 Å². The molecule has 0 heterocycles. The number of aliphatic carboxylic acids is 2. The SMILES string of the molecule is CC#Cc1ccc(CC(C(=O)O)C(=O)O)cc1. The summed E-state index contributed by atoms with van der Waals surface area (Å²) in [5.74, 6) is 1.54. The van der Waals surface area contributed by atoms with Crippen molar-refractivity contribution in [2.24, 2.45) is 5.92 Å². The van der Waals surface area contributed by atoms with Crippen LogP contribution in [0.15, 0.2) is 24.3 Å². The van der Waals surface area contributed by atoms with Crippen LogP contribution in [0.25, 0.3) is 0 Å². The molecule has 88 valence electrons. The smallest absolute Gasteiger partial charge is 0.318 e. The normalized spacial score (nSPS) is 9.53. The molecule has 4 heteroatoms. The van der Waals surface area contributed by atoms with E-state index in [1.807, 2.05) is 0 Å². The number of hydrogen-bond acceptors (Lipinski definition) is 2. The molecule has 0 saturated carbocycles. The number of carbonyl (C=O) groups is 2. The minimum Gasteiger partial charge on any atom is -0.481 e. The number of rotatable bonds is 4. The van der Waals surface area contributed by atoms with Crippen LogP contribution in [-0.2, 0) is 16.0 Å². The first kappa shape index (κ1) is 12.8. The van der Waals surface area contributed by atoms with Gasteiger partial charge < -0.3 is 10.2 Å². The minimum absolute atomic E-state index is 0.0233. The van der Waals surface area contributed by atoms with Gasteiger partial charge in [-0.05, 0) is 31.0 Å². The summed E-state index contributed by atoms with van der Waals surface area (Å²) in [4.78, 5) is 21.4. The van der Waals surface area contributed by atoms with Crippen molar-refractivity contribution in [3.63, 3.8) is 0 Å². The van der Waals surface area contributed by atoms with Crippen LogP contribution in [0.1, 0.15) is 18.1 Å². The molecule has 1 rings (SSSR count). The molecule has 0 unspecified atom stereocenters. The molecule has 0 saturated heterocycles. The molecule has 4 nitrogen and oxygen atoms in total. The molecule has 1 aromatic carbocycles. The Bertz CT molecular complexity index is 462. The second-order valence-electron chi connectivity index (χ2n) is 3.51. The van der Waals surface area contributed by atoms with Crippen molar-refractivity contribution in [3.05, 3.63) is 35.4 Å². The molecule has 1 aromatic rings. The topological polar surface area (TPSA) is 74.6 Å². The molecule has 0 aliphatic rings. The van der Waals surface area contributed by atoms with Gasteiger partial charge in [0.2, 0.25) is 0 Å². The van der Waals surface area contributed by atoms with E-state index in [9.17, 15) is 9.59 Å². The average Bonchev–Trinajstić information content (AvgIpc) is 2.27. The lowest BCUT2D eigenvalue weighted by atomic mass is 9.99. The molecule has 0 aromatic heterocycles. The van der Waals surface area contributed by atoms with E-state index in [0.29, 0.717) is 5.56 Å². The van der Waals surface area contributed by atoms with Gasteiger partial charge in [0, 0.05) is 5.56 Å². The Morgan fingerprint density at radius 2 is 1.71 bits per heavy atom. The summed E-state index contributed by atoms with van der Waals surface area (Å²) in [5.41, 5.74) is 1.49. The molecular weight excluding hydrogens is 220 g/mol. The standard InChI is InChI=1S/C13H12O4/c1-2-3-9-4-6-10(7-5-9)8-11(12(14)15)13(16)17/h4-7,11H,8H2,1H3,(H,14,15)(H,16,17). The van der Waals surface area contributed by atoms with E-state index in [1.54, 1.807) is 31.2 Å². The lowest BCUT2D eigenvalue weighted by molar-refractivity contribution is -0.154. The van der Waals surface area contributed by atoms with Crippen molar-refractivity contribution < 1.29 is 19.8 Å². The average molecular weight is 232 g/mol. The number of benzene rings is 1. The summed E-state index contributed by atoms with van der Waals surface area (Å²) in [7, 11) is 0. The molecule has 0 aliphatic carbocycles. The molecule has 0 bridgehead atoms. The second kappa shape index (κ2) is 5.71. The summed E-state index contributed by atoms with van der Waals surface area (Å²) < 4.78 is 0. The fourth-order valence-electron chi connectivity index (χ4n) is 1.38. The van der Waals surface area contributed by atoms with Crippen molar-refractivity contribution in [2.45, 2.75) is 13.3 Å². The van der Waals surface area contributed by atoms with Gasteiger partial charge in [-0.1, -0.05) is 18.1 Å². The lowest BCUT2D eigenvalue weighted by Crippen LogP contribution is -2.25. The zero-order valence-electron chi connectivity index (χ0n) is 9.30. The summed E-state index contributed by atoms with van der Waals surface area (Å²) in [5, 5.41) is 17.5. The first-order valence-corrected chi connectivity index (χ1v) is 5.02. The number of hydrogen-bond donors (Lipinski definition) is 2. The van der Waals surface area contributed by atoms with Gasteiger partial charge in [0.1, 0.15) is 0 Å². The highest BCUT2D eigenvalue weighted by atomic mass is 16.4. The maximum absolute atomic E-state index is 10.7. The van der Waals surface area contributed by atoms with Crippen LogP contribution in [0.2, 0.25) is 0 Å². The first-order chi connectivity index (χ1) is 8.04. The molecule has 2 N–H and O–H groups in total. The zero-order chi connectivity index (χ0) is 12.8. The Kier molecular flexibility index (Phi) is 4.29. The lowest BCUT2D eigenvalue weighted by Gasteiger charge is -2.07. The third-order valence-electron chi connectivity index (χ3n) is 2.26. The number of carboxylic acid groups (broad SMARTS) is 2. The maximum atomic E-state index is 10.7. The third-order valence-corrected chi connectivity index (χ3v) is 2.26. The molecule has 0 fully saturated rings. The highest BCUT2D eigenvalue weighted by molar-refractivity contribution is 5.93. The largest absolute Gasteiger partial charge is 0.481 e. The molecule has 0 aliphatic heterocycles. The van der Waals surface area contributed by atoms with Gasteiger partial charge in [-0.2, -0.15) is 0 Å². The van der Waals surface area contributed by atoms with Gasteiger partial charge in [0.15, 0.2) is 5.92 Å². The molecule has 0 atom stereocenters. The maximum Gasteiger partial charge on any atom is 0.318 e. The molecule has 17 heavy (non-hydrogen) atoms. The quantitative estimate of drug-likeness (QED) is 0.607. The van der Waals surface area contributed by atoms with Gasteiger partial charge in [0.05, 0.1) is 0 Å². The van der Waals surface area contributed by atoms with Gasteiger partial charge in [-0.15, -0.1) is 5.92 Å². The van der Waals surface area contributed by atoms with E-state index in [-0.39, 0.29) is 6.42 Å². The van der Waals surface area contributed by atoms with E-state index >= 15 is 0 Å². The van der Waals surface area contributed by atoms with Crippen molar-refractivity contribution in [1.82, 2.24) is 0 Å². The van der Waals surface area contributed by atoms with Crippen LogP contribution in [0.5, 0.6) is 0 Å². The second-order valence-corrected chi connectivity index (χ2v) is 3.51. The van der Waals surface area contributed by atoms with E-state index in [0.717, 1.165) is 5.56 Å². The predicted molar refractivity (Wildman–Crippen MR) is 61.5 cm³/mol. The van der Waals surface area contributed by atoms with E-state index in [1.165, 1.54) is 0 Å². The molecule has 0 amide bonds. The summed E-state index contributed by atoms with van der Waals surface area (Å²) in [6.07, 6.45) is -0.0233. The Hall–Kier alpha value is -2.28. The summed E-state index contributed by atoms with van der Waals surface area (Å²) in [6, 6.07) is 6.87. The molecule has 0 spiro atoms. The van der Waals surface area contributed by atoms with Crippen LogP contribution < -0.4 is 0 Å². The van der Waals surface area contributed by atoms with Crippen molar-refractivity contribution in [3.8, 4) is 11.8 Å². The van der Waals surface area contributed by atoms with Crippen molar-refractivity contribution in [2.75, 3.05) is 0 Å². The Labute approximate surface area is 98.9 Å². The molecule has 0 radical (unpaired) electrons. The Balaban J connectivity index is 2.83. The number of carboxylic acids is 2. The highest BCUT2D eigenvalue weighted by Gasteiger charge is 2.25. The monoisotopic (exact) mass is 232 g/mol. The van der Waals surface area contributed by atoms with Crippen LogP contribution >= 0.6 is 0 Å². The zero-order valence-corrected chi connectivity index (χ0v) is 9.30. The summed E-state index contributed by atoms with van der Waals surface area (Å²) in [6.45, 7) is 1.72.